The van der Waals surface area contributed by atoms with Crippen LogP contribution in [0.1, 0.15) is 5.56 Å². The van der Waals surface area contributed by atoms with Gasteiger partial charge in [-0.2, -0.15) is 0 Å². The molecule has 0 bridgehead atoms. The minimum absolute atomic E-state index is 0.333. The molecule has 1 atom stereocenters. The van der Waals surface area contributed by atoms with Gasteiger partial charge in [0, 0.05) is 11.3 Å². The van der Waals surface area contributed by atoms with Crippen LogP contribution >= 0.6 is 11.3 Å². The lowest BCUT2D eigenvalue weighted by molar-refractivity contribution is 0.441. The number of thiazole rings is 1. The van der Waals surface area contributed by atoms with E-state index in [1.165, 1.54) is 11.3 Å². The highest BCUT2D eigenvalue weighted by atomic mass is 32.2. The summed E-state index contributed by atoms with van der Waals surface area (Å²) in [5.41, 5.74) is 8.74. The minimum atomic E-state index is -2.61. The Hall–Kier alpha value is -1.96. The van der Waals surface area contributed by atoms with Crippen LogP contribution in [0.4, 0.5) is 5.69 Å². The topological polar surface area (TPSA) is 88.3 Å². The second-order valence-corrected chi connectivity index (χ2v) is 6.06. The molecular formula is C14H11N2O3S2-. The Labute approximate surface area is 127 Å². The summed E-state index contributed by atoms with van der Waals surface area (Å²) in [6, 6.07) is 11.0. The smallest absolute Gasteiger partial charge is 0.161 e. The lowest BCUT2D eigenvalue weighted by atomic mass is 10.2. The molecule has 1 aromatic heterocycles. The molecule has 108 valence electrons. The molecule has 0 amide bonds. The van der Waals surface area contributed by atoms with Gasteiger partial charge >= 0.3 is 0 Å². The van der Waals surface area contributed by atoms with Gasteiger partial charge in [0.25, 0.3) is 0 Å². The van der Waals surface area contributed by atoms with Crippen LogP contribution in [0.25, 0.3) is 20.8 Å². The Morgan fingerprint density at radius 3 is 2.62 bits per heavy atom. The van der Waals surface area contributed by atoms with Gasteiger partial charge in [-0.25, -0.2) is 9.19 Å². The number of hydrogen-bond donors (Lipinski definition) is 1. The Balaban J connectivity index is 2.15. The van der Waals surface area contributed by atoms with Crippen molar-refractivity contribution in [2.45, 2.75) is 6.92 Å². The monoisotopic (exact) mass is 319 g/mol. The zero-order valence-electron chi connectivity index (χ0n) is 11.0. The van der Waals surface area contributed by atoms with E-state index >= 15 is 0 Å². The fourth-order valence-corrected chi connectivity index (χ4v) is 3.50. The van der Waals surface area contributed by atoms with Crippen LogP contribution in [0.2, 0.25) is 0 Å². The molecule has 0 spiro atoms. The molecule has 0 aliphatic carbocycles. The molecule has 0 fully saturated rings. The van der Waals surface area contributed by atoms with E-state index in [0.29, 0.717) is 21.7 Å². The number of hydrogen-bond acceptors (Lipinski definition) is 6. The third-order valence-electron chi connectivity index (χ3n) is 3.02. The maximum atomic E-state index is 10.8. The molecule has 0 radical (unpaired) electrons. The van der Waals surface area contributed by atoms with Crippen LogP contribution in [-0.2, 0) is 11.4 Å². The van der Waals surface area contributed by atoms with Crippen molar-refractivity contribution in [2.75, 3.05) is 5.73 Å². The van der Waals surface area contributed by atoms with E-state index in [9.17, 15) is 8.76 Å². The maximum Gasteiger partial charge on any atom is 0.161 e. The number of fused-ring (bicyclic) bond motifs is 1. The maximum absolute atomic E-state index is 10.8. The van der Waals surface area contributed by atoms with Gasteiger partial charge in [0.05, 0.1) is 10.2 Å². The zero-order valence-corrected chi connectivity index (χ0v) is 12.7. The van der Waals surface area contributed by atoms with Gasteiger partial charge in [0.2, 0.25) is 0 Å². The third kappa shape index (κ3) is 2.76. The summed E-state index contributed by atoms with van der Waals surface area (Å²) in [7, 11) is 0. The number of anilines is 1. The van der Waals surface area contributed by atoms with Crippen LogP contribution in [-0.4, -0.2) is 13.7 Å². The molecule has 1 unspecified atom stereocenters. The lowest BCUT2D eigenvalue weighted by Gasteiger charge is -2.09. The normalized spacial score (nSPS) is 12.5. The zero-order chi connectivity index (χ0) is 15.0. The van der Waals surface area contributed by atoms with E-state index in [4.69, 9.17) is 9.92 Å². The van der Waals surface area contributed by atoms with Crippen molar-refractivity contribution in [1.29, 1.82) is 0 Å². The van der Waals surface area contributed by atoms with E-state index < -0.39 is 11.4 Å². The van der Waals surface area contributed by atoms with Gasteiger partial charge in [-0.3, -0.25) is 0 Å². The fraction of sp³-hybridized carbons (Fsp3) is 0.0714. The number of rotatable bonds is 3. The first-order chi connectivity index (χ1) is 10.0. The first-order valence-electron chi connectivity index (χ1n) is 6.08. The van der Waals surface area contributed by atoms with E-state index in [-0.39, 0.29) is 0 Å². The van der Waals surface area contributed by atoms with Gasteiger partial charge in [0.1, 0.15) is 16.4 Å². The number of nitrogen functional groups attached to an aromatic ring is 1. The summed E-state index contributed by atoms with van der Waals surface area (Å²) in [4.78, 5) is 4.52. The SMILES string of the molecule is Cc1ccc2nc(-c3ccc(N)cc3)sc2c1OS(=O)[O-]. The lowest BCUT2D eigenvalue weighted by Crippen LogP contribution is -1.99. The standard InChI is InChI=1S/C14H12N2O3S2/c1-8-2-7-11-13(12(8)19-21(17)18)20-14(16-11)9-3-5-10(15)6-4-9/h2-7H,15H2,1H3,(H,17,18)/p-1. The Morgan fingerprint density at radius 2 is 1.95 bits per heavy atom. The Kier molecular flexibility index (Phi) is 3.62. The summed E-state index contributed by atoms with van der Waals surface area (Å²) in [6.07, 6.45) is 0. The van der Waals surface area contributed by atoms with Crippen LogP contribution in [0, 0.1) is 6.92 Å². The van der Waals surface area contributed by atoms with Crippen molar-refractivity contribution in [2.24, 2.45) is 0 Å². The first-order valence-corrected chi connectivity index (χ1v) is 7.90. The molecule has 0 saturated heterocycles. The van der Waals surface area contributed by atoms with Crippen LogP contribution in [0.5, 0.6) is 5.75 Å². The number of nitrogens with two attached hydrogens (primary N) is 1. The molecule has 21 heavy (non-hydrogen) atoms. The molecule has 2 aromatic carbocycles. The highest BCUT2D eigenvalue weighted by molar-refractivity contribution is 7.74. The van der Waals surface area contributed by atoms with Crippen molar-refractivity contribution in [3.8, 4) is 16.3 Å². The largest absolute Gasteiger partial charge is 0.740 e. The van der Waals surface area contributed by atoms with Crippen LogP contribution in [0.3, 0.4) is 0 Å². The molecule has 0 aliphatic heterocycles. The Bertz CT molecular complexity index is 828. The van der Waals surface area contributed by atoms with Crippen molar-refractivity contribution < 1.29 is 12.9 Å². The Morgan fingerprint density at radius 1 is 1.24 bits per heavy atom. The first kappa shape index (κ1) is 14.0. The molecule has 2 N–H and O–H groups in total. The average Bonchev–Trinajstić information content (AvgIpc) is 2.87. The van der Waals surface area contributed by atoms with Crippen molar-refractivity contribution in [3.05, 3.63) is 42.0 Å². The second-order valence-electron chi connectivity index (χ2n) is 4.49. The third-order valence-corrected chi connectivity index (χ3v) is 4.44. The van der Waals surface area contributed by atoms with Gasteiger partial charge in [-0.1, -0.05) is 6.07 Å². The summed E-state index contributed by atoms with van der Waals surface area (Å²) in [5, 5.41) is 0.789. The molecule has 5 nitrogen and oxygen atoms in total. The minimum Gasteiger partial charge on any atom is -0.740 e. The molecule has 0 aliphatic rings. The van der Waals surface area contributed by atoms with Gasteiger partial charge in [-0.15, -0.1) is 11.3 Å². The van der Waals surface area contributed by atoms with E-state index in [1.54, 1.807) is 25.1 Å². The highest BCUT2D eigenvalue weighted by Gasteiger charge is 2.13. The average molecular weight is 319 g/mol. The molecule has 3 rings (SSSR count). The number of aryl methyl sites for hydroxylation is 1. The summed E-state index contributed by atoms with van der Waals surface area (Å²) >= 11 is -1.22. The number of nitrogens with zero attached hydrogens (tertiary/aromatic N) is 1. The number of aromatic nitrogens is 1. The van der Waals surface area contributed by atoms with Crippen molar-refractivity contribution in [3.63, 3.8) is 0 Å². The second kappa shape index (κ2) is 5.44. The van der Waals surface area contributed by atoms with Crippen molar-refractivity contribution >= 4 is 38.6 Å². The van der Waals surface area contributed by atoms with Crippen LogP contribution in [0.15, 0.2) is 36.4 Å². The quantitative estimate of drug-likeness (QED) is 0.592. The van der Waals surface area contributed by atoms with Gasteiger partial charge in [0.15, 0.2) is 5.75 Å². The molecule has 7 heteroatoms. The van der Waals surface area contributed by atoms with Crippen molar-refractivity contribution in [1.82, 2.24) is 4.98 Å². The summed E-state index contributed by atoms with van der Waals surface area (Å²) in [5.74, 6) is 0.333. The van der Waals surface area contributed by atoms with Gasteiger partial charge in [-0.05, 0) is 42.8 Å². The molecular weight excluding hydrogens is 308 g/mol. The predicted molar refractivity (Wildman–Crippen MR) is 83.8 cm³/mol. The van der Waals surface area contributed by atoms with E-state index in [1.807, 2.05) is 18.2 Å². The van der Waals surface area contributed by atoms with E-state index in [0.717, 1.165) is 16.1 Å². The molecule has 1 heterocycles. The van der Waals surface area contributed by atoms with E-state index in [2.05, 4.69) is 4.98 Å². The highest BCUT2D eigenvalue weighted by Crippen LogP contribution is 2.38. The fourth-order valence-electron chi connectivity index (χ4n) is 1.99. The van der Waals surface area contributed by atoms with Gasteiger partial charge < -0.3 is 14.5 Å². The predicted octanol–water partition coefficient (Wildman–Crippen LogP) is 3.03. The summed E-state index contributed by atoms with van der Waals surface area (Å²) < 4.78 is 27.3. The number of benzene rings is 2. The summed E-state index contributed by atoms with van der Waals surface area (Å²) in [6.45, 7) is 1.80. The molecule has 3 aromatic rings. The van der Waals surface area contributed by atoms with Crippen LogP contribution < -0.4 is 9.92 Å². The molecule has 0 saturated carbocycles.